The van der Waals surface area contributed by atoms with Gasteiger partial charge in [0.1, 0.15) is 6.04 Å². The van der Waals surface area contributed by atoms with Gasteiger partial charge in [0, 0.05) is 31.2 Å². The van der Waals surface area contributed by atoms with Crippen molar-refractivity contribution in [3.05, 3.63) is 34.3 Å². The van der Waals surface area contributed by atoms with E-state index in [0.29, 0.717) is 6.54 Å². The quantitative estimate of drug-likeness (QED) is 0.702. The number of benzene rings is 1. The van der Waals surface area contributed by atoms with Gasteiger partial charge in [-0.1, -0.05) is 34.1 Å². The number of carboxylic acids is 1. The molecule has 0 saturated heterocycles. The minimum absolute atomic E-state index is 0.217. The van der Waals surface area contributed by atoms with Crippen LogP contribution in [0.15, 0.2) is 28.7 Å². The number of hydrogen-bond donors (Lipinski definition) is 3. The van der Waals surface area contributed by atoms with Crippen LogP contribution in [0.4, 0.5) is 4.79 Å². The number of halogens is 1. The smallest absolute Gasteiger partial charge is 0.326 e. The number of aliphatic carboxylic acids is 1. The van der Waals surface area contributed by atoms with Crippen molar-refractivity contribution in [2.75, 3.05) is 13.7 Å². The topological polar surface area (TPSA) is 87.7 Å². The maximum absolute atomic E-state index is 11.7. The lowest BCUT2D eigenvalue weighted by Gasteiger charge is -2.15. The van der Waals surface area contributed by atoms with Gasteiger partial charge in [-0.15, -0.1) is 0 Å². The molecule has 7 heteroatoms. The van der Waals surface area contributed by atoms with Gasteiger partial charge in [0.2, 0.25) is 0 Å². The molecule has 0 radical (unpaired) electrons. The predicted octanol–water partition coefficient (Wildman–Crippen LogP) is 1.74. The average molecular weight is 345 g/mol. The highest BCUT2D eigenvalue weighted by molar-refractivity contribution is 9.10. The third kappa shape index (κ3) is 5.58. The molecule has 0 saturated carbocycles. The number of hydrogen-bond acceptors (Lipinski definition) is 3. The first-order valence-electron chi connectivity index (χ1n) is 6.04. The van der Waals surface area contributed by atoms with Gasteiger partial charge in [-0.05, 0) is 11.6 Å². The molecule has 3 N–H and O–H groups in total. The average Bonchev–Trinajstić information content (AvgIpc) is 2.42. The minimum Gasteiger partial charge on any atom is -0.480 e. The number of rotatable bonds is 7. The van der Waals surface area contributed by atoms with Crippen LogP contribution in [0.25, 0.3) is 0 Å². The molecule has 0 aliphatic carbocycles. The number of carbonyl (C=O) groups excluding carboxylic acids is 1. The van der Waals surface area contributed by atoms with Gasteiger partial charge in [-0.2, -0.15) is 0 Å². The Morgan fingerprint density at radius 2 is 2.10 bits per heavy atom. The highest BCUT2D eigenvalue weighted by atomic mass is 79.9. The molecule has 0 aliphatic heterocycles. The number of nitrogens with one attached hydrogen (secondary N) is 2. The predicted molar refractivity (Wildman–Crippen MR) is 77.4 cm³/mol. The van der Waals surface area contributed by atoms with E-state index in [1.807, 2.05) is 24.3 Å². The zero-order chi connectivity index (χ0) is 15.0. The van der Waals surface area contributed by atoms with Crippen LogP contribution in [0.1, 0.15) is 12.0 Å². The van der Waals surface area contributed by atoms with Crippen molar-refractivity contribution >= 4 is 27.9 Å². The Bertz CT molecular complexity index is 467. The number of urea groups is 1. The van der Waals surface area contributed by atoms with Gasteiger partial charge in [-0.25, -0.2) is 9.59 Å². The number of amides is 2. The number of ether oxygens (including phenoxy) is 1. The first kappa shape index (κ1) is 16.5. The molecule has 110 valence electrons. The second-order valence-electron chi connectivity index (χ2n) is 4.09. The number of methoxy groups -OCH3 is 1. The van der Waals surface area contributed by atoms with E-state index in [2.05, 4.69) is 26.6 Å². The summed E-state index contributed by atoms with van der Waals surface area (Å²) in [5, 5.41) is 14.0. The fraction of sp³-hybridized carbons (Fsp3) is 0.385. The van der Waals surface area contributed by atoms with Crippen LogP contribution in [0.5, 0.6) is 0 Å². The lowest BCUT2D eigenvalue weighted by atomic mass is 10.2. The molecule has 0 spiro atoms. The molecular formula is C13H17BrN2O4. The molecule has 0 heterocycles. The maximum atomic E-state index is 11.7. The summed E-state index contributed by atoms with van der Waals surface area (Å²) in [5.74, 6) is -1.09. The Hall–Kier alpha value is -1.60. The molecule has 20 heavy (non-hydrogen) atoms. The first-order valence-corrected chi connectivity index (χ1v) is 6.83. The third-order valence-electron chi connectivity index (χ3n) is 2.61. The van der Waals surface area contributed by atoms with Crippen LogP contribution in [0.3, 0.4) is 0 Å². The van der Waals surface area contributed by atoms with Crippen molar-refractivity contribution in [1.29, 1.82) is 0 Å². The van der Waals surface area contributed by atoms with Crippen molar-refractivity contribution in [3.63, 3.8) is 0 Å². The summed E-state index contributed by atoms with van der Waals surface area (Å²) >= 11 is 3.37. The van der Waals surface area contributed by atoms with Gasteiger partial charge < -0.3 is 20.5 Å². The van der Waals surface area contributed by atoms with Crippen LogP contribution in [-0.2, 0) is 16.1 Å². The lowest BCUT2D eigenvalue weighted by molar-refractivity contribution is -0.139. The molecule has 0 bridgehead atoms. The largest absolute Gasteiger partial charge is 0.480 e. The Labute approximate surface area is 125 Å². The van der Waals surface area contributed by atoms with Gasteiger partial charge in [0.05, 0.1) is 0 Å². The fourth-order valence-electron chi connectivity index (χ4n) is 1.52. The van der Waals surface area contributed by atoms with E-state index < -0.39 is 18.0 Å². The molecule has 2 amide bonds. The summed E-state index contributed by atoms with van der Waals surface area (Å²) in [5.41, 5.74) is 0.909. The monoisotopic (exact) mass is 344 g/mol. The lowest BCUT2D eigenvalue weighted by Crippen LogP contribution is -2.46. The molecule has 0 aliphatic rings. The normalized spacial score (nSPS) is 11.7. The number of carboxylic acid groups (broad SMARTS) is 1. The van der Waals surface area contributed by atoms with E-state index in [0.717, 1.165) is 10.0 Å². The van der Waals surface area contributed by atoms with Crippen molar-refractivity contribution < 1.29 is 19.4 Å². The van der Waals surface area contributed by atoms with Crippen LogP contribution in [-0.4, -0.2) is 36.9 Å². The van der Waals surface area contributed by atoms with Crippen LogP contribution in [0, 0.1) is 0 Å². The summed E-state index contributed by atoms with van der Waals surface area (Å²) in [6.07, 6.45) is 0.217. The van der Waals surface area contributed by atoms with E-state index in [-0.39, 0.29) is 13.0 Å². The van der Waals surface area contributed by atoms with E-state index in [1.54, 1.807) is 0 Å². The zero-order valence-electron chi connectivity index (χ0n) is 11.1. The molecule has 1 atom stereocenters. The Balaban J connectivity index is 2.46. The minimum atomic E-state index is -1.09. The van der Waals surface area contributed by atoms with Crippen LogP contribution >= 0.6 is 15.9 Å². The molecule has 1 unspecified atom stereocenters. The summed E-state index contributed by atoms with van der Waals surface area (Å²) in [6.45, 7) is 0.575. The summed E-state index contributed by atoms with van der Waals surface area (Å²) in [4.78, 5) is 22.6. The van der Waals surface area contributed by atoms with Crippen molar-refractivity contribution in [1.82, 2.24) is 10.6 Å². The second-order valence-corrected chi connectivity index (χ2v) is 4.95. The molecular weight excluding hydrogens is 328 g/mol. The van der Waals surface area contributed by atoms with Crippen LogP contribution in [0.2, 0.25) is 0 Å². The molecule has 1 aromatic carbocycles. The molecule has 6 nitrogen and oxygen atoms in total. The highest BCUT2D eigenvalue weighted by Gasteiger charge is 2.19. The van der Waals surface area contributed by atoms with Crippen molar-refractivity contribution in [2.45, 2.75) is 19.0 Å². The maximum Gasteiger partial charge on any atom is 0.326 e. The van der Waals surface area contributed by atoms with Crippen LogP contribution < -0.4 is 10.6 Å². The number of carbonyl (C=O) groups is 2. The van der Waals surface area contributed by atoms with Crippen molar-refractivity contribution in [2.24, 2.45) is 0 Å². The molecule has 0 fully saturated rings. The van der Waals surface area contributed by atoms with Crippen molar-refractivity contribution in [3.8, 4) is 0 Å². The molecule has 0 aromatic heterocycles. The van der Waals surface area contributed by atoms with E-state index in [4.69, 9.17) is 9.84 Å². The van der Waals surface area contributed by atoms with E-state index in [9.17, 15) is 9.59 Å². The second kappa shape index (κ2) is 8.55. The first-order chi connectivity index (χ1) is 9.54. The van der Waals surface area contributed by atoms with E-state index >= 15 is 0 Å². The fourth-order valence-corrected chi connectivity index (χ4v) is 1.94. The Morgan fingerprint density at radius 1 is 1.40 bits per heavy atom. The Kier molecular flexibility index (Phi) is 7.03. The van der Waals surface area contributed by atoms with Gasteiger partial charge in [0.25, 0.3) is 0 Å². The molecule has 1 rings (SSSR count). The van der Waals surface area contributed by atoms with Gasteiger partial charge in [0.15, 0.2) is 0 Å². The van der Waals surface area contributed by atoms with Gasteiger partial charge in [-0.3, -0.25) is 0 Å². The summed E-state index contributed by atoms with van der Waals surface area (Å²) < 4.78 is 5.69. The highest BCUT2D eigenvalue weighted by Crippen LogP contribution is 2.15. The third-order valence-corrected chi connectivity index (χ3v) is 3.38. The zero-order valence-corrected chi connectivity index (χ0v) is 12.6. The standard InChI is InChI=1S/C13H17BrN2O4/c1-20-7-6-11(12(17)18)16-13(19)15-8-9-4-2-3-5-10(9)14/h2-5,11H,6-8H2,1H3,(H,17,18)(H2,15,16,19). The van der Waals surface area contributed by atoms with E-state index in [1.165, 1.54) is 7.11 Å². The van der Waals surface area contributed by atoms with Gasteiger partial charge >= 0.3 is 12.0 Å². The summed E-state index contributed by atoms with van der Waals surface area (Å²) in [6, 6.07) is 5.98. The SMILES string of the molecule is COCCC(NC(=O)NCc1ccccc1Br)C(=O)O. The Morgan fingerprint density at radius 3 is 2.70 bits per heavy atom. The summed E-state index contributed by atoms with van der Waals surface area (Å²) in [7, 11) is 1.48. The molecule has 1 aromatic rings.